The van der Waals surface area contributed by atoms with Crippen LogP contribution in [0.3, 0.4) is 0 Å². The zero-order valence-electron chi connectivity index (χ0n) is 2.15. The van der Waals surface area contributed by atoms with Gasteiger partial charge in [0.2, 0.25) is 0 Å². The van der Waals surface area contributed by atoms with Gasteiger partial charge in [0, 0.05) is 0 Å². The van der Waals surface area contributed by atoms with E-state index in [1.165, 1.54) is 0 Å². The van der Waals surface area contributed by atoms with E-state index >= 15 is 0 Å². The first-order valence-electron chi connectivity index (χ1n) is 0.167. The molecule has 0 saturated heterocycles. The zero-order valence-corrected chi connectivity index (χ0v) is 6.82. The van der Waals surface area contributed by atoms with E-state index in [0.29, 0.717) is 0 Å². The van der Waals surface area contributed by atoms with Gasteiger partial charge in [-0.15, -0.1) is 0 Å². The van der Waals surface area contributed by atoms with Gasteiger partial charge in [-0.2, -0.15) is 0 Å². The molecular formula is CoNaS2+. The van der Waals surface area contributed by atoms with Crippen LogP contribution < -0.4 is 29.6 Å². The van der Waals surface area contributed by atoms with Crippen LogP contribution in [0.2, 0.25) is 0 Å². The van der Waals surface area contributed by atoms with Crippen molar-refractivity contribution in [2.75, 3.05) is 0 Å². The van der Waals surface area contributed by atoms with Crippen molar-refractivity contribution in [2.45, 2.75) is 0 Å². The Morgan fingerprint density at radius 2 is 1.00 bits per heavy atom. The molecule has 0 amide bonds. The Labute approximate surface area is 68.8 Å². The summed E-state index contributed by atoms with van der Waals surface area (Å²) in [5, 5.41) is 0. The van der Waals surface area contributed by atoms with Crippen LogP contribution in [0.1, 0.15) is 0 Å². The Morgan fingerprint density at radius 1 is 1.00 bits per heavy atom. The molecule has 4 heteroatoms. The number of hydrogen-bond donors (Lipinski definition) is 0. The largest absolute Gasteiger partial charge is 2.00 e. The molecule has 0 fully saturated rings. The minimum absolute atomic E-state index is 0. The molecule has 0 nitrogen and oxygen atoms in total. The van der Waals surface area contributed by atoms with Gasteiger partial charge in [0.15, 0.2) is 0 Å². The van der Waals surface area contributed by atoms with Gasteiger partial charge in [0.1, 0.15) is 0 Å². The van der Waals surface area contributed by atoms with Crippen molar-refractivity contribution in [1.29, 1.82) is 0 Å². The molecule has 0 aliphatic carbocycles. The predicted molar refractivity (Wildman–Crippen MR) is 14.7 cm³/mol. The summed E-state index contributed by atoms with van der Waals surface area (Å²) < 4.78 is 0. The third-order valence-corrected chi connectivity index (χ3v) is 0. The second kappa shape index (κ2) is 18.9. The van der Waals surface area contributed by atoms with Crippen LogP contribution in [0, 0.1) is 0 Å². The third kappa shape index (κ3) is 8.88. The molecule has 1 radical (unpaired) electrons. The molecule has 0 aliphatic heterocycles. The van der Waals surface area contributed by atoms with E-state index in [1.54, 1.807) is 0 Å². The smallest absolute Gasteiger partial charge is 1.00 e. The molecule has 4 heavy (non-hydrogen) atoms. The van der Waals surface area contributed by atoms with E-state index in [2.05, 4.69) is 23.3 Å². The van der Waals surface area contributed by atoms with Crippen LogP contribution >= 0.6 is 0 Å². The van der Waals surface area contributed by atoms with Gasteiger partial charge in [0.05, 0.1) is 0 Å². The summed E-state index contributed by atoms with van der Waals surface area (Å²) in [6.45, 7) is 0. The topological polar surface area (TPSA) is 0 Å². The van der Waals surface area contributed by atoms with Crippen LogP contribution in [0.5, 0.6) is 0 Å². The fourth-order valence-electron chi connectivity index (χ4n) is 0. The first-order chi connectivity index (χ1) is 1.00. The molecular weight excluding hydrogens is 146 g/mol. The van der Waals surface area contributed by atoms with Gasteiger partial charge in [-0.1, -0.05) is 0 Å². The van der Waals surface area contributed by atoms with Crippen molar-refractivity contribution < 1.29 is 46.3 Å². The fraction of sp³-hybridized carbons (Fsp3) is 0. The van der Waals surface area contributed by atoms with E-state index in [9.17, 15) is 0 Å². The second-order valence-corrected chi connectivity index (χ2v) is 0. The van der Waals surface area contributed by atoms with Crippen LogP contribution in [0.4, 0.5) is 0 Å². The standard InChI is InChI=1S/Co.Na.S2/c;;1-2/q+2;+1;-2. The molecule has 0 bridgehead atoms. The van der Waals surface area contributed by atoms with Gasteiger partial charge in [-0.3, -0.25) is 0 Å². The normalized spacial score (nSPS) is 1.50. The summed E-state index contributed by atoms with van der Waals surface area (Å²) >= 11 is 7.33. The SMILES string of the molecule is [Co+2].[Na+].[S-][S-]. The van der Waals surface area contributed by atoms with Crippen molar-refractivity contribution in [3.8, 4) is 0 Å². The molecule has 0 rings (SSSR count). The summed E-state index contributed by atoms with van der Waals surface area (Å²) in [6, 6.07) is 0. The maximum absolute atomic E-state index is 3.67. The van der Waals surface area contributed by atoms with Crippen molar-refractivity contribution in [2.24, 2.45) is 0 Å². The summed E-state index contributed by atoms with van der Waals surface area (Å²) in [7, 11) is 0. The minimum atomic E-state index is 0. The third-order valence-electron chi connectivity index (χ3n) is 0. The van der Waals surface area contributed by atoms with Gasteiger partial charge in [-0.25, -0.2) is 0 Å². The minimum Gasteiger partial charge on any atom is -1.00 e. The molecule has 0 aromatic heterocycles. The van der Waals surface area contributed by atoms with Crippen molar-refractivity contribution in [3.05, 3.63) is 0 Å². The quantitative estimate of drug-likeness (QED) is 0.203. The van der Waals surface area contributed by atoms with Crippen LogP contribution in [-0.4, -0.2) is 0 Å². The molecule has 0 spiro atoms. The Bertz CT molecular complexity index is 6.00. The zero-order chi connectivity index (χ0) is 2.00. The van der Waals surface area contributed by atoms with E-state index in [4.69, 9.17) is 0 Å². The Morgan fingerprint density at radius 3 is 1.00 bits per heavy atom. The molecule has 0 atom stereocenters. The van der Waals surface area contributed by atoms with Gasteiger partial charge >= 0.3 is 46.3 Å². The molecule has 0 saturated carbocycles. The summed E-state index contributed by atoms with van der Waals surface area (Å²) in [4.78, 5) is 0. The van der Waals surface area contributed by atoms with Gasteiger partial charge < -0.3 is 23.3 Å². The van der Waals surface area contributed by atoms with E-state index in [-0.39, 0.29) is 46.3 Å². The molecule has 0 aliphatic rings. The van der Waals surface area contributed by atoms with Gasteiger partial charge in [0.25, 0.3) is 0 Å². The van der Waals surface area contributed by atoms with Crippen molar-refractivity contribution in [1.82, 2.24) is 0 Å². The maximum Gasteiger partial charge on any atom is 2.00 e. The van der Waals surface area contributed by atoms with Crippen molar-refractivity contribution in [3.63, 3.8) is 0 Å². The fourth-order valence-corrected chi connectivity index (χ4v) is 0. The first-order valence-corrected chi connectivity index (χ1v) is 1.50. The van der Waals surface area contributed by atoms with Gasteiger partial charge in [-0.05, 0) is 0 Å². The summed E-state index contributed by atoms with van der Waals surface area (Å²) in [5.74, 6) is 0. The molecule has 0 aromatic rings. The summed E-state index contributed by atoms with van der Waals surface area (Å²) in [6.07, 6.45) is 0. The maximum atomic E-state index is 3.67. The van der Waals surface area contributed by atoms with E-state index in [1.807, 2.05) is 0 Å². The average molecular weight is 146 g/mol. The average Bonchev–Trinajstić information content (AvgIpc) is 1.00. The first kappa shape index (κ1) is 16.4. The number of hydrogen-bond acceptors (Lipinski definition) is 2. The molecule has 0 aromatic carbocycles. The number of rotatable bonds is 0. The van der Waals surface area contributed by atoms with E-state index in [0.717, 1.165) is 0 Å². The molecule has 0 unspecified atom stereocenters. The van der Waals surface area contributed by atoms with Crippen LogP contribution in [0.15, 0.2) is 0 Å². The molecule has 0 N–H and O–H groups in total. The Kier molecular flexibility index (Phi) is 77.4. The Balaban J connectivity index is -0.00000000500. The Hall–Kier alpha value is 2.21. The predicted octanol–water partition coefficient (Wildman–Crippen LogP) is -3.00. The molecule has 0 heterocycles. The summed E-state index contributed by atoms with van der Waals surface area (Å²) in [5.41, 5.74) is 0. The second-order valence-electron chi connectivity index (χ2n) is 0. The van der Waals surface area contributed by atoms with Crippen LogP contribution in [-0.2, 0) is 40.1 Å². The molecule has 21 valence electrons. The van der Waals surface area contributed by atoms with Crippen LogP contribution in [0.25, 0.3) is 0 Å². The monoisotopic (exact) mass is 146 g/mol. The van der Waals surface area contributed by atoms with Crippen molar-refractivity contribution >= 4 is 23.3 Å². The van der Waals surface area contributed by atoms with E-state index < -0.39 is 0 Å².